The average Bonchev–Trinajstić information content (AvgIpc) is 3.33. The molecule has 3 heterocycles. The molecule has 2 atom stereocenters. The first-order valence-electron chi connectivity index (χ1n) is 12.5. The van der Waals surface area contributed by atoms with Crippen LogP contribution in [0.1, 0.15) is 52.0 Å². The van der Waals surface area contributed by atoms with Gasteiger partial charge in [-0.15, -0.1) is 0 Å². The minimum atomic E-state index is -0.389. The molecule has 7 heteroatoms. The molecule has 7 nitrogen and oxygen atoms in total. The van der Waals surface area contributed by atoms with Crippen LogP contribution < -0.4 is 9.47 Å². The summed E-state index contributed by atoms with van der Waals surface area (Å²) < 4.78 is 10.9. The number of hydrogen-bond acceptors (Lipinski definition) is 6. The molecule has 0 aromatic heterocycles. The van der Waals surface area contributed by atoms with Crippen molar-refractivity contribution in [2.24, 2.45) is 16.7 Å². The maximum absolute atomic E-state index is 13.1. The van der Waals surface area contributed by atoms with E-state index in [-0.39, 0.29) is 28.6 Å². The van der Waals surface area contributed by atoms with Crippen molar-refractivity contribution in [3.05, 3.63) is 23.8 Å². The quantitative estimate of drug-likeness (QED) is 0.465. The summed E-state index contributed by atoms with van der Waals surface area (Å²) in [7, 11) is 0. The number of carbonyl (C=O) groups is 2. The lowest BCUT2D eigenvalue weighted by atomic mass is 9.62. The van der Waals surface area contributed by atoms with Gasteiger partial charge in [0.15, 0.2) is 11.5 Å². The first-order chi connectivity index (χ1) is 15.8. The van der Waals surface area contributed by atoms with Crippen LogP contribution in [0.4, 0.5) is 0 Å². The summed E-state index contributed by atoms with van der Waals surface area (Å²) in [6.45, 7) is 13.3. The summed E-state index contributed by atoms with van der Waals surface area (Å²) in [6.07, 6.45) is 3.59. The first-order valence-corrected chi connectivity index (χ1v) is 12.5. The van der Waals surface area contributed by atoms with Crippen molar-refractivity contribution < 1.29 is 19.1 Å². The van der Waals surface area contributed by atoms with Gasteiger partial charge in [0, 0.05) is 45.2 Å². The maximum Gasteiger partial charge on any atom is 0.235 e. The normalized spacial score (nSPS) is 29.2. The predicted octanol–water partition coefficient (Wildman–Crippen LogP) is 3.12. The highest BCUT2D eigenvalue weighted by Crippen LogP contribution is 2.60. The molecule has 0 radical (unpaired) electrons. The van der Waals surface area contributed by atoms with Crippen LogP contribution in [-0.2, 0) is 16.1 Å². The molecule has 2 bridgehead atoms. The van der Waals surface area contributed by atoms with E-state index in [2.05, 4.69) is 42.7 Å². The van der Waals surface area contributed by atoms with E-state index in [0.29, 0.717) is 13.3 Å². The van der Waals surface area contributed by atoms with E-state index in [4.69, 9.17) is 9.47 Å². The molecule has 3 fully saturated rings. The number of hydrogen-bond donors (Lipinski definition) is 0. The number of carbonyl (C=O) groups excluding carboxylic acids is 2. The zero-order valence-corrected chi connectivity index (χ0v) is 20.3. The van der Waals surface area contributed by atoms with Crippen LogP contribution in [0.15, 0.2) is 18.2 Å². The smallest absolute Gasteiger partial charge is 0.235 e. The molecule has 5 rings (SSSR count). The molecule has 1 aromatic rings. The number of piperazine rings is 1. The number of unbranched alkanes of at least 4 members (excludes halogenated alkanes) is 1. The second-order valence-corrected chi connectivity index (χ2v) is 11.0. The Hall–Kier alpha value is -2.12. The lowest BCUT2D eigenvalue weighted by molar-refractivity contribution is -0.167. The standard InChI is InChI=1S/C26H37N3O4/c1-25(2)20-8-9-26(25,3)24(31)29(23(20)30)11-5-4-10-27-12-14-28(15-13-27)17-19-6-7-21-22(16-19)33-18-32-21/h6-7,16,20H,4-5,8-15,17-18H2,1-3H3/t20-,26-/m1/s1. The lowest BCUT2D eigenvalue weighted by Crippen LogP contribution is -2.59. The van der Waals surface area contributed by atoms with E-state index < -0.39 is 0 Å². The third kappa shape index (κ3) is 3.93. The monoisotopic (exact) mass is 455 g/mol. The SMILES string of the molecule is CC1(C)[C@@H]2CC[C@]1(C)C(=O)N(CCCCN1CCN(Cc3ccc4c(c3)OCO4)CC1)C2=O. The average molecular weight is 456 g/mol. The highest BCUT2D eigenvalue weighted by atomic mass is 16.7. The number of piperidine rings is 1. The van der Waals surface area contributed by atoms with Crippen molar-refractivity contribution in [1.29, 1.82) is 0 Å². The zero-order valence-electron chi connectivity index (χ0n) is 20.3. The summed E-state index contributed by atoms with van der Waals surface area (Å²) in [5, 5.41) is 0. The third-order valence-electron chi connectivity index (χ3n) is 8.92. The Labute approximate surface area is 197 Å². The fourth-order valence-corrected chi connectivity index (χ4v) is 6.19. The fraction of sp³-hybridized carbons (Fsp3) is 0.692. The third-order valence-corrected chi connectivity index (χ3v) is 8.92. The highest BCUT2D eigenvalue weighted by molar-refractivity contribution is 6.03. The van der Waals surface area contributed by atoms with Crippen LogP contribution in [0.2, 0.25) is 0 Å². The van der Waals surface area contributed by atoms with Gasteiger partial charge in [0.2, 0.25) is 18.6 Å². The van der Waals surface area contributed by atoms with Crippen molar-refractivity contribution in [2.45, 2.75) is 53.0 Å². The summed E-state index contributed by atoms with van der Waals surface area (Å²) >= 11 is 0. The van der Waals surface area contributed by atoms with E-state index >= 15 is 0 Å². The van der Waals surface area contributed by atoms with Crippen LogP contribution in [0.3, 0.4) is 0 Å². The van der Waals surface area contributed by atoms with Gasteiger partial charge >= 0.3 is 0 Å². The zero-order chi connectivity index (χ0) is 23.2. The molecule has 4 aliphatic rings. The topological polar surface area (TPSA) is 62.3 Å². The van der Waals surface area contributed by atoms with Crippen molar-refractivity contribution in [1.82, 2.24) is 14.7 Å². The minimum absolute atomic E-state index is 0.00182. The van der Waals surface area contributed by atoms with Crippen molar-refractivity contribution in [3.8, 4) is 11.5 Å². The Bertz CT molecular complexity index is 924. The summed E-state index contributed by atoms with van der Waals surface area (Å²) in [5.41, 5.74) is 0.645. The second-order valence-electron chi connectivity index (χ2n) is 11.0. The van der Waals surface area contributed by atoms with Crippen molar-refractivity contribution >= 4 is 11.8 Å². The Kier molecular flexibility index (Phi) is 5.90. The van der Waals surface area contributed by atoms with Crippen LogP contribution in [0, 0.1) is 16.7 Å². The predicted molar refractivity (Wildman–Crippen MR) is 125 cm³/mol. The summed E-state index contributed by atoms with van der Waals surface area (Å²) in [4.78, 5) is 32.7. The second kappa shape index (κ2) is 8.58. The van der Waals surface area contributed by atoms with Gasteiger partial charge in [-0.2, -0.15) is 0 Å². The van der Waals surface area contributed by atoms with Gasteiger partial charge < -0.3 is 14.4 Å². The van der Waals surface area contributed by atoms with Crippen molar-refractivity contribution in [3.63, 3.8) is 0 Å². The molecule has 1 aromatic carbocycles. The molecule has 3 aliphatic heterocycles. The molecule has 180 valence electrons. The first kappa shape index (κ1) is 22.7. The summed E-state index contributed by atoms with van der Waals surface area (Å²) in [6, 6.07) is 6.21. The van der Waals surface area contributed by atoms with E-state index in [9.17, 15) is 9.59 Å². The molecule has 2 amide bonds. The maximum atomic E-state index is 13.1. The number of rotatable bonds is 7. The lowest BCUT2D eigenvalue weighted by Gasteiger charge is -2.47. The molecular weight excluding hydrogens is 418 g/mol. The van der Waals surface area contributed by atoms with E-state index in [1.54, 1.807) is 4.90 Å². The molecule has 33 heavy (non-hydrogen) atoms. The van der Waals surface area contributed by atoms with Gasteiger partial charge in [-0.25, -0.2) is 0 Å². The molecule has 0 spiro atoms. The van der Waals surface area contributed by atoms with Gasteiger partial charge in [-0.05, 0) is 55.3 Å². The van der Waals surface area contributed by atoms with Crippen LogP contribution in [0.25, 0.3) is 0 Å². The number of benzene rings is 1. The largest absolute Gasteiger partial charge is 0.454 e. The fourth-order valence-electron chi connectivity index (χ4n) is 6.19. The molecule has 0 N–H and O–H groups in total. The van der Waals surface area contributed by atoms with Crippen LogP contribution >= 0.6 is 0 Å². The number of fused-ring (bicyclic) bond motifs is 3. The minimum Gasteiger partial charge on any atom is -0.454 e. The van der Waals surface area contributed by atoms with E-state index in [1.165, 1.54) is 5.56 Å². The van der Waals surface area contributed by atoms with Gasteiger partial charge in [0.25, 0.3) is 0 Å². The van der Waals surface area contributed by atoms with E-state index in [1.807, 2.05) is 6.07 Å². The highest BCUT2D eigenvalue weighted by Gasteiger charge is 2.64. The molecule has 2 saturated heterocycles. The van der Waals surface area contributed by atoms with Gasteiger partial charge in [0.1, 0.15) is 0 Å². The summed E-state index contributed by atoms with van der Waals surface area (Å²) in [5.74, 6) is 1.81. The molecule has 1 aliphatic carbocycles. The number of amides is 2. The number of likely N-dealkylation sites (tertiary alicyclic amines) is 1. The van der Waals surface area contributed by atoms with Crippen LogP contribution in [0.5, 0.6) is 11.5 Å². The molecule has 1 saturated carbocycles. The van der Waals surface area contributed by atoms with Gasteiger partial charge in [0.05, 0.1) is 5.41 Å². The number of imide groups is 1. The van der Waals surface area contributed by atoms with Gasteiger partial charge in [-0.3, -0.25) is 19.4 Å². The Morgan fingerprint density at radius 1 is 0.939 bits per heavy atom. The number of ether oxygens (including phenoxy) is 2. The van der Waals surface area contributed by atoms with E-state index in [0.717, 1.165) is 76.5 Å². The van der Waals surface area contributed by atoms with Crippen LogP contribution in [-0.4, -0.2) is 72.6 Å². The number of nitrogens with zero attached hydrogens (tertiary/aromatic N) is 3. The Balaban J connectivity index is 1.04. The molecule has 0 unspecified atom stereocenters. The Morgan fingerprint density at radius 3 is 2.42 bits per heavy atom. The molecular formula is C26H37N3O4. The Morgan fingerprint density at radius 2 is 1.64 bits per heavy atom. The van der Waals surface area contributed by atoms with Crippen molar-refractivity contribution in [2.75, 3.05) is 46.1 Å². The van der Waals surface area contributed by atoms with Gasteiger partial charge in [-0.1, -0.05) is 26.8 Å².